The first kappa shape index (κ1) is 21.1. The molecule has 0 unspecified atom stereocenters. The minimum Gasteiger partial charge on any atom is -0.463 e. The maximum atomic E-state index is 12.6. The summed E-state index contributed by atoms with van der Waals surface area (Å²) >= 11 is 0. The zero-order valence-electron chi connectivity index (χ0n) is 18.0. The molecule has 1 amide bonds. The molecule has 5 aromatic rings. The molecule has 0 aliphatic rings. The summed E-state index contributed by atoms with van der Waals surface area (Å²) in [5.74, 6) is 0.286. The monoisotopic (exact) mass is 454 g/mol. The number of hydrogen-bond acceptors (Lipinski definition) is 8. The quantitative estimate of drug-likeness (QED) is 0.368. The fourth-order valence-electron chi connectivity index (χ4n) is 3.35. The number of amides is 1. The fourth-order valence-corrected chi connectivity index (χ4v) is 3.35. The largest absolute Gasteiger partial charge is 0.463 e. The van der Waals surface area contributed by atoms with E-state index in [2.05, 4.69) is 20.3 Å². The number of carbonyl (C=O) groups excluding carboxylic acids is 2. The number of ether oxygens (including phenoxy) is 1. The first-order chi connectivity index (χ1) is 16.6. The fraction of sp³-hybridized carbons (Fsp3) is 0.0800. The third kappa shape index (κ3) is 4.40. The number of furan rings is 2. The van der Waals surface area contributed by atoms with Crippen molar-refractivity contribution in [1.82, 2.24) is 15.0 Å². The topological polar surface area (TPSA) is 120 Å². The van der Waals surface area contributed by atoms with Gasteiger partial charge in [0.2, 0.25) is 0 Å². The molecule has 0 saturated carbocycles. The van der Waals surface area contributed by atoms with Gasteiger partial charge in [0.25, 0.3) is 5.91 Å². The van der Waals surface area contributed by atoms with Gasteiger partial charge in [0.05, 0.1) is 29.1 Å². The number of aryl methyl sites for hydroxylation is 1. The second-order valence-corrected chi connectivity index (χ2v) is 7.42. The van der Waals surface area contributed by atoms with E-state index in [4.69, 9.17) is 13.6 Å². The van der Waals surface area contributed by atoms with Crippen LogP contribution in [0.2, 0.25) is 0 Å². The molecule has 4 heterocycles. The van der Waals surface area contributed by atoms with Gasteiger partial charge in [-0.15, -0.1) is 0 Å². The van der Waals surface area contributed by atoms with E-state index in [1.165, 1.54) is 6.26 Å². The van der Waals surface area contributed by atoms with E-state index in [0.29, 0.717) is 39.8 Å². The maximum absolute atomic E-state index is 12.6. The number of benzene rings is 1. The second-order valence-electron chi connectivity index (χ2n) is 7.42. The summed E-state index contributed by atoms with van der Waals surface area (Å²) in [5, 5.41) is 2.59. The van der Waals surface area contributed by atoms with E-state index < -0.39 is 18.5 Å². The van der Waals surface area contributed by atoms with Crippen molar-refractivity contribution in [2.24, 2.45) is 0 Å². The van der Waals surface area contributed by atoms with E-state index in [-0.39, 0.29) is 5.56 Å². The summed E-state index contributed by atoms with van der Waals surface area (Å²) in [5.41, 5.74) is 3.20. The molecule has 1 aromatic carbocycles. The highest BCUT2D eigenvalue weighted by Crippen LogP contribution is 2.31. The van der Waals surface area contributed by atoms with Gasteiger partial charge in [-0.1, -0.05) is 0 Å². The Morgan fingerprint density at radius 1 is 0.912 bits per heavy atom. The molecule has 34 heavy (non-hydrogen) atoms. The molecule has 0 aliphatic heterocycles. The summed E-state index contributed by atoms with van der Waals surface area (Å²) in [6, 6.07) is 15.4. The molecule has 168 valence electrons. The first-order valence-corrected chi connectivity index (χ1v) is 10.4. The number of carbonyl (C=O) groups is 2. The molecular weight excluding hydrogens is 436 g/mol. The van der Waals surface area contributed by atoms with Crippen molar-refractivity contribution in [3.8, 4) is 22.9 Å². The molecule has 0 radical (unpaired) electrons. The number of anilines is 1. The van der Waals surface area contributed by atoms with E-state index in [1.807, 2.05) is 13.0 Å². The SMILES string of the molecule is Cc1ccnc(NC(=O)COC(=O)c2ccc3nc(-c4ccco4)c(-c4ccco4)nc3c2)c1. The zero-order chi connectivity index (χ0) is 23.5. The second kappa shape index (κ2) is 8.99. The number of esters is 1. The average molecular weight is 454 g/mol. The molecule has 0 fully saturated rings. The minimum absolute atomic E-state index is 0.236. The van der Waals surface area contributed by atoms with Gasteiger partial charge in [-0.3, -0.25) is 4.79 Å². The number of hydrogen-bond donors (Lipinski definition) is 1. The number of pyridine rings is 1. The summed E-state index contributed by atoms with van der Waals surface area (Å²) in [6.45, 7) is 1.43. The molecular formula is C25H18N4O5. The normalized spacial score (nSPS) is 10.9. The lowest BCUT2D eigenvalue weighted by Crippen LogP contribution is -2.21. The number of rotatable bonds is 6. The third-order valence-electron chi connectivity index (χ3n) is 4.93. The Morgan fingerprint density at radius 2 is 1.62 bits per heavy atom. The van der Waals surface area contributed by atoms with Crippen LogP contribution < -0.4 is 5.32 Å². The van der Waals surface area contributed by atoms with Crippen LogP contribution >= 0.6 is 0 Å². The van der Waals surface area contributed by atoms with Gasteiger partial charge in [-0.25, -0.2) is 19.7 Å². The highest BCUT2D eigenvalue weighted by Gasteiger charge is 2.19. The molecule has 9 nitrogen and oxygen atoms in total. The Hall–Kier alpha value is -4.79. The molecule has 9 heteroatoms. The molecule has 1 N–H and O–H groups in total. The van der Waals surface area contributed by atoms with Gasteiger partial charge in [0, 0.05) is 6.20 Å². The van der Waals surface area contributed by atoms with Crippen LogP contribution in [0.3, 0.4) is 0 Å². The Labute approximate surface area is 193 Å². The van der Waals surface area contributed by atoms with Gasteiger partial charge < -0.3 is 18.9 Å². The van der Waals surface area contributed by atoms with Crippen LogP contribution in [0.25, 0.3) is 33.9 Å². The standard InChI is InChI=1S/C25H18N4O5/c1-15-8-9-26-21(12-15)29-22(30)14-34-25(31)16-6-7-17-18(13-16)28-24(20-5-3-11-33-20)23(27-17)19-4-2-10-32-19/h2-13H,14H2,1H3,(H,26,29,30). The highest BCUT2D eigenvalue weighted by atomic mass is 16.5. The first-order valence-electron chi connectivity index (χ1n) is 10.4. The Morgan fingerprint density at radius 3 is 2.26 bits per heavy atom. The van der Waals surface area contributed by atoms with Crippen LogP contribution in [-0.2, 0) is 9.53 Å². The maximum Gasteiger partial charge on any atom is 0.338 e. The van der Waals surface area contributed by atoms with Gasteiger partial charge in [-0.2, -0.15) is 0 Å². The number of nitrogens with zero attached hydrogens (tertiary/aromatic N) is 3. The van der Waals surface area contributed by atoms with E-state index >= 15 is 0 Å². The highest BCUT2D eigenvalue weighted by molar-refractivity contribution is 5.97. The zero-order valence-corrected chi connectivity index (χ0v) is 18.0. The average Bonchev–Trinajstić information content (AvgIpc) is 3.56. The van der Waals surface area contributed by atoms with E-state index in [9.17, 15) is 9.59 Å². The number of aromatic nitrogens is 3. The van der Waals surface area contributed by atoms with Crippen LogP contribution in [0, 0.1) is 6.92 Å². The van der Waals surface area contributed by atoms with Crippen molar-refractivity contribution in [2.45, 2.75) is 6.92 Å². The lowest BCUT2D eigenvalue weighted by molar-refractivity contribution is -0.119. The Bertz CT molecular complexity index is 1480. The van der Waals surface area contributed by atoms with Crippen molar-refractivity contribution >= 4 is 28.7 Å². The van der Waals surface area contributed by atoms with Gasteiger partial charge in [0.15, 0.2) is 18.1 Å². The number of nitrogens with one attached hydrogen (secondary N) is 1. The van der Waals surface area contributed by atoms with Gasteiger partial charge in [-0.05, 0) is 67.1 Å². The third-order valence-corrected chi connectivity index (χ3v) is 4.93. The Kier molecular flexibility index (Phi) is 5.57. The predicted octanol–water partition coefficient (Wildman–Crippen LogP) is 4.65. The van der Waals surface area contributed by atoms with Crippen LogP contribution in [-0.4, -0.2) is 33.4 Å². The summed E-state index contributed by atoms with van der Waals surface area (Å²) in [4.78, 5) is 38.1. The van der Waals surface area contributed by atoms with Gasteiger partial charge in [0.1, 0.15) is 17.2 Å². The molecule has 0 aliphatic carbocycles. The summed E-state index contributed by atoms with van der Waals surface area (Å²) in [7, 11) is 0. The van der Waals surface area contributed by atoms with Crippen molar-refractivity contribution in [3.05, 3.63) is 84.4 Å². The van der Waals surface area contributed by atoms with E-state index in [0.717, 1.165) is 5.56 Å². The van der Waals surface area contributed by atoms with E-state index in [1.54, 1.807) is 61.0 Å². The molecule has 4 aromatic heterocycles. The van der Waals surface area contributed by atoms with Crippen LogP contribution in [0.4, 0.5) is 5.82 Å². The van der Waals surface area contributed by atoms with Crippen molar-refractivity contribution in [3.63, 3.8) is 0 Å². The van der Waals surface area contributed by atoms with Crippen LogP contribution in [0.15, 0.2) is 82.2 Å². The predicted molar refractivity (Wildman–Crippen MR) is 123 cm³/mol. The smallest absolute Gasteiger partial charge is 0.338 e. The summed E-state index contributed by atoms with van der Waals surface area (Å²) in [6.07, 6.45) is 4.68. The summed E-state index contributed by atoms with van der Waals surface area (Å²) < 4.78 is 16.2. The minimum atomic E-state index is -0.661. The molecule has 0 saturated heterocycles. The molecule has 0 spiro atoms. The lowest BCUT2D eigenvalue weighted by atomic mass is 10.1. The van der Waals surface area contributed by atoms with Crippen molar-refractivity contribution in [2.75, 3.05) is 11.9 Å². The Balaban J connectivity index is 1.37. The molecule has 5 rings (SSSR count). The van der Waals surface area contributed by atoms with Crippen molar-refractivity contribution in [1.29, 1.82) is 0 Å². The van der Waals surface area contributed by atoms with Gasteiger partial charge >= 0.3 is 5.97 Å². The molecule has 0 atom stereocenters. The van der Waals surface area contributed by atoms with Crippen LogP contribution in [0.5, 0.6) is 0 Å². The van der Waals surface area contributed by atoms with Crippen molar-refractivity contribution < 1.29 is 23.2 Å². The number of fused-ring (bicyclic) bond motifs is 1. The lowest BCUT2D eigenvalue weighted by Gasteiger charge is -2.09. The van der Waals surface area contributed by atoms with Crippen LogP contribution in [0.1, 0.15) is 15.9 Å². The molecule has 0 bridgehead atoms.